The van der Waals surface area contributed by atoms with Crippen LogP contribution in [0, 0.1) is 11.3 Å². The zero-order chi connectivity index (χ0) is 18.1. The third-order valence-corrected chi connectivity index (χ3v) is 3.57. The number of rotatable bonds is 6. The number of carbonyl (C=O) groups is 3. The lowest BCUT2D eigenvalue weighted by molar-refractivity contribution is -0.140. The summed E-state index contributed by atoms with van der Waals surface area (Å²) < 4.78 is 4.93. The van der Waals surface area contributed by atoms with Gasteiger partial charge in [0.1, 0.15) is 17.7 Å². The van der Waals surface area contributed by atoms with Gasteiger partial charge in [0.2, 0.25) is 0 Å². The van der Waals surface area contributed by atoms with Gasteiger partial charge in [-0.05, 0) is 26.7 Å². The van der Waals surface area contributed by atoms with Crippen molar-refractivity contribution in [1.29, 1.82) is 5.26 Å². The molecule has 2 amide bonds. The topological polar surface area (TPSA) is 132 Å². The minimum absolute atomic E-state index is 0.0173. The van der Waals surface area contributed by atoms with Crippen molar-refractivity contribution in [3.63, 3.8) is 0 Å². The summed E-state index contributed by atoms with van der Waals surface area (Å²) in [4.78, 5) is 35.7. The fourth-order valence-electron chi connectivity index (χ4n) is 2.13. The Kier molecular flexibility index (Phi) is 7.55. The molecule has 24 heavy (non-hydrogen) atoms. The van der Waals surface area contributed by atoms with Crippen LogP contribution < -0.4 is 10.6 Å². The Hall–Kier alpha value is -2.76. The molecule has 9 heteroatoms. The number of aliphatic carboxylic acids is 1. The molecular weight excluding hydrogens is 316 g/mol. The Labute approximate surface area is 140 Å². The standard InChI is InChI=1S/C15H22N4O5/c1-3-24-15(23)19-6-4-12(5-7-19)17-9-11(8-16)13(20)18-10(2)14(21)22/h9-10,12,17H,3-7H2,1-2H3,(H,18,20)(H,21,22)/b11-9-. The fourth-order valence-corrected chi connectivity index (χ4v) is 2.13. The van der Waals surface area contributed by atoms with E-state index in [1.807, 2.05) is 0 Å². The number of nitrogens with zero attached hydrogens (tertiary/aromatic N) is 2. The number of likely N-dealkylation sites (tertiary alicyclic amines) is 1. The highest BCUT2D eigenvalue weighted by molar-refractivity contribution is 5.99. The lowest BCUT2D eigenvalue weighted by atomic mass is 10.1. The molecule has 1 fully saturated rings. The second-order valence-electron chi connectivity index (χ2n) is 5.33. The van der Waals surface area contributed by atoms with Gasteiger partial charge in [-0.15, -0.1) is 0 Å². The molecule has 0 aromatic carbocycles. The van der Waals surface area contributed by atoms with Crippen LogP contribution in [0.2, 0.25) is 0 Å². The van der Waals surface area contributed by atoms with Gasteiger partial charge in [-0.3, -0.25) is 9.59 Å². The molecule has 1 heterocycles. The van der Waals surface area contributed by atoms with Crippen LogP contribution in [0.25, 0.3) is 0 Å². The van der Waals surface area contributed by atoms with E-state index in [0.717, 1.165) is 0 Å². The number of carboxylic acid groups (broad SMARTS) is 1. The molecule has 0 radical (unpaired) electrons. The van der Waals surface area contributed by atoms with E-state index in [1.54, 1.807) is 17.9 Å². The third kappa shape index (κ3) is 5.79. The van der Waals surface area contributed by atoms with Crippen molar-refractivity contribution in [2.45, 2.75) is 38.8 Å². The minimum Gasteiger partial charge on any atom is -0.480 e. The Morgan fingerprint density at radius 3 is 2.54 bits per heavy atom. The third-order valence-electron chi connectivity index (χ3n) is 3.57. The highest BCUT2D eigenvalue weighted by Crippen LogP contribution is 2.11. The zero-order valence-electron chi connectivity index (χ0n) is 13.7. The summed E-state index contributed by atoms with van der Waals surface area (Å²) in [5.74, 6) is -1.93. The first-order valence-corrected chi connectivity index (χ1v) is 7.70. The zero-order valence-corrected chi connectivity index (χ0v) is 13.7. The summed E-state index contributed by atoms with van der Waals surface area (Å²) >= 11 is 0. The van der Waals surface area contributed by atoms with E-state index in [9.17, 15) is 14.4 Å². The smallest absolute Gasteiger partial charge is 0.409 e. The van der Waals surface area contributed by atoms with Crippen molar-refractivity contribution < 1.29 is 24.2 Å². The highest BCUT2D eigenvalue weighted by Gasteiger charge is 2.23. The van der Waals surface area contributed by atoms with Gasteiger partial charge < -0.3 is 25.4 Å². The van der Waals surface area contributed by atoms with Gasteiger partial charge in [0.15, 0.2) is 0 Å². The number of carboxylic acids is 1. The molecule has 3 N–H and O–H groups in total. The van der Waals surface area contributed by atoms with E-state index < -0.39 is 17.9 Å². The van der Waals surface area contributed by atoms with Crippen LogP contribution in [0.4, 0.5) is 4.79 Å². The maximum atomic E-state index is 11.8. The number of carbonyl (C=O) groups excluding carboxylic acids is 2. The van der Waals surface area contributed by atoms with Crippen molar-refractivity contribution in [2.75, 3.05) is 19.7 Å². The molecule has 1 saturated heterocycles. The Bertz CT molecular complexity index is 547. The predicted octanol–water partition coefficient (Wildman–Crippen LogP) is 0.194. The largest absolute Gasteiger partial charge is 0.480 e. The van der Waals surface area contributed by atoms with Crippen LogP contribution in [-0.2, 0) is 14.3 Å². The lowest BCUT2D eigenvalue weighted by Gasteiger charge is -2.31. The van der Waals surface area contributed by atoms with E-state index in [4.69, 9.17) is 15.1 Å². The van der Waals surface area contributed by atoms with E-state index in [-0.39, 0.29) is 17.7 Å². The number of ether oxygens (including phenoxy) is 1. The molecule has 9 nitrogen and oxygen atoms in total. The second kappa shape index (κ2) is 9.39. The Morgan fingerprint density at radius 1 is 1.42 bits per heavy atom. The van der Waals surface area contributed by atoms with Crippen molar-refractivity contribution in [2.24, 2.45) is 0 Å². The molecular formula is C15H22N4O5. The summed E-state index contributed by atoms with van der Waals surface area (Å²) in [5, 5.41) is 23.0. The first-order valence-electron chi connectivity index (χ1n) is 7.70. The summed E-state index contributed by atoms with van der Waals surface area (Å²) in [6, 6.07) is 0.674. The summed E-state index contributed by atoms with van der Waals surface area (Å²) in [6.07, 6.45) is 2.25. The average Bonchev–Trinajstić information content (AvgIpc) is 2.56. The van der Waals surface area contributed by atoms with Crippen LogP contribution in [0.1, 0.15) is 26.7 Å². The molecule has 1 unspecified atom stereocenters. The summed E-state index contributed by atoms with van der Waals surface area (Å²) in [6.45, 7) is 4.43. The molecule has 0 aliphatic carbocycles. The summed E-state index contributed by atoms with van der Waals surface area (Å²) in [7, 11) is 0. The Balaban J connectivity index is 2.50. The van der Waals surface area contributed by atoms with E-state index in [1.165, 1.54) is 13.1 Å². The first kappa shape index (κ1) is 19.3. The van der Waals surface area contributed by atoms with Gasteiger partial charge in [0, 0.05) is 25.3 Å². The predicted molar refractivity (Wildman–Crippen MR) is 83.7 cm³/mol. The number of hydrogen-bond acceptors (Lipinski definition) is 6. The fraction of sp³-hybridized carbons (Fsp3) is 0.600. The lowest BCUT2D eigenvalue weighted by Crippen LogP contribution is -2.44. The van der Waals surface area contributed by atoms with Gasteiger partial charge in [-0.25, -0.2) is 4.79 Å². The SMILES string of the molecule is CCOC(=O)N1CCC(N/C=C(/C#N)C(=O)NC(C)C(=O)O)CC1. The van der Waals surface area contributed by atoms with Gasteiger partial charge in [-0.2, -0.15) is 5.26 Å². The monoisotopic (exact) mass is 338 g/mol. The molecule has 0 aromatic rings. The molecule has 0 spiro atoms. The quantitative estimate of drug-likeness (QED) is 0.465. The summed E-state index contributed by atoms with van der Waals surface area (Å²) in [5.41, 5.74) is -0.198. The average molecular weight is 338 g/mol. The number of piperidine rings is 1. The maximum Gasteiger partial charge on any atom is 0.409 e. The molecule has 1 aliphatic rings. The number of amides is 2. The first-order chi connectivity index (χ1) is 11.4. The van der Waals surface area contributed by atoms with Gasteiger partial charge >= 0.3 is 12.1 Å². The van der Waals surface area contributed by atoms with Crippen LogP contribution in [-0.4, -0.2) is 59.8 Å². The molecule has 132 valence electrons. The van der Waals surface area contributed by atoms with Gasteiger partial charge in [-0.1, -0.05) is 0 Å². The van der Waals surface area contributed by atoms with Crippen LogP contribution in [0.5, 0.6) is 0 Å². The minimum atomic E-state index is -1.18. The highest BCUT2D eigenvalue weighted by atomic mass is 16.6. The molecule has 1 atom stereocenters. The van der Waals surface area contributed by atoms with E-state index in [2.05, 4.69) is 10.6 Å². The van der Waals surface area contributed by atoms with Crippen molar-refractivity contribution in [3.05, 3.63) is 11.8 Å². The van der Waals surface area contributed by atoms with Crippen molar-refractivity contribution in [3.8, 4) is 6.07 Å². The number of hydrogen-bond donors (Lipinski definition) is 3. The van der Waals surface area contributed by atoms with E-state index in [0.29, 0.717) is 32.5 Å². The molecule has 0 saturated carbocycles. The van der Waals surface area contributed by atoms with Crippen molar-refractivity contribution >= 4 is 18.0 Å². The Morgan fingerprint density at radius 2 is 2.04 bits per heavy atom. The molecule has 0 aromatic heterocycles. The number of nitrogens with one attached hydrogen (secondary N) is 2. The van der Waals surface area contributed by atoms with Crippen LogP contribution in [0.15, 0.2) is 11.8 Å². The van der Waals surface area contributed by atoms with Gasteiger partial charge in [0.25, 0.3) is 5.91 Å². The second-order valence-corrected chi connectivity index (χ2v) is 5.33. The van der Waals surface area contributed by atoms with E-state index >= 15 is 0 Å². The van der Waals surface area contributed by atoms with Gasteiger partial charge in [0.05, 0.1) is 6.61 Å². The van der Waals surface area contributed by atoms with Crippen LogP contribution >= 0.6 is 0 Å². The maximum absolute atomic E-state index is 11.8. The normalized spacial score (nSPS) is 16.7. The molecule has 0 bridgehead atoms. The van der Waals surface area contributed by atoms with Crippen LogP contribution in [0.3, 0.4) is 0 Å². The molecule has 1 aliphatic heterocycles. The molecule has 1 rings (SSSR count). The number of nitriles is 1. The van der Waals surface area contributed by atoms with Crippen molar-refractivity contribution in [1.82, 2.24) is 15.5 Å².